The summed E-state index contributed by atoms with van der Waals surface area (Å²) in [5.41, 5.74) is 0. The van der Waals surface area contributed by atoms with Crippen molar-refractivity contribution < 1.29 is 9.90 Å². The molecule has 1 fully saturated rings. The van der Waals surface area contributed by atoms with Crippen LogP contribution in [0.2, 0.25) is 0 Å². The van der Waals surface area contributed by atoms with E-state index in [9.17, 15) is 4.79 Å². The van der Waals surface area contributed by atoms with Crippen LogP contribution in [-0.2, 0) is 4.79 Å². The Hall–Kier alpha value is -1.05. The Balaban J connectivity index is 2.13. The lowest BCUT2D eigenvalue weighted by molar-refractivity contribution is -0.137. The highest BCUT2D eigenvalue weighted by Gasteiger charge is 2.16. The fourth-order valence-corrected chi connectivity index (χ4v) is 1.71. The van der Waals surface area contributed by atoms with E-state index in [1.54, 1.807) is 0 Å². The van der Waals surface area contributed by atoms with Crippen LogP contribution < -0.4 is 0 Å². The van der Waals surface area contributed by atoms with Gasteiger partial charge in [0, 0.05) is 45.7 Å². The quantitative estimate of drug-likeness (QED) is 0.654. The van der Waals surface area contributed by atoms with Crippen LogP contribution in [0.1, 0.15) is 12.8 Å². The van der Waals surface area contributed by atoms with Crippen molar-refractivity contribution in [3.63, 3.8) is 0 Å². The Labute approximate surface area is 90.9 Å². The van der Waals surface area contributed by atoms with Crippen molar-refractivity contribution in [3.8, 4) is 12.3 Å². The molecule has 1 aliphatic heterocycles. The molecule has 4 heteroatoms. The second-order valence-electron chi connectivity index (χ2n) is 3.78. The SMILES string of the molecule is C#CCCN1CCN(CCC(=O)O)CC1. The third-order valence-electron chi connectivity index (χ3n) is 2.68. The van der Waals surface area contributed by atoms with Gasteiger partial charge in [-0.05, 0) is 0 Å². The van der Waals surface area contributed by atoms with E-state index in [-0.39, 0.29) is 6.42 Å². The Bertz CT molecular complexity index is 239. The normalized spacial score (nSPS) is 18.6. The Kier molecular flexibility index (Phi) is 5.16. The maximum Gasteiger partial charge on any atom is 0.304 e. The molecule has 0 radical (unpaired) electrons. The van der Waals surface area contributed by atoms with Gasteiger partial charge in [-0.3, -0.25) is 9.69 Å². The van der Waals surface area contributed by atoms with Crippen LogP contribution in [0.3, 0.4) is 0 Å². The number of aliphatic carboxylic acids is 1. The average Bonchev–Trinajstić information content (AvgIpc) is 2.25. The second kappa shape index (κ2) is 6.44. The molecular formula is C11H18N2O2. The molecular weight excluding hydrogens is 192 g/mol. The predicted molar refractivity (Wildman–Crippen MR) is 58.6 cm³/mol. The van der Waals surface area contributed by atoms with E-state index in [1.165, 1.54) is 0 Å². The third kappa shape index (κ3) is 4.82. The first-order valence-electron chi connectivity index (χ1n) is 5.32. The highest BCUT2D eigenvalue weighted by Crippen LogP contribution is 2.02. The van der Waals surface area contributed by atoms with Crippen molar-refractivity contribution in [3.05, 3.63) is 0 Å². The zero-order chi connectivity index (χ0) is 11.1. The van der Waals surface area contributed by atoms with Gasteiger partial charge >= 0.3 is 5.97 Å². The van der Waals surface area contributed by atoms with Gasteiger partial charge in [0.25, 0.3) is 0 Å². The standard InChI is InChI=1S/C11H18N2O2/c1-2-3-5-12-7-9-13(10-8-12)6-4-11(14)15/h1H,3-10H2,(H,14,15). The largest absolute Gasteiger partial charge is 0.481 e. The van der Waals surface area contributed by atoms with Crippen LogP contribution in [-0.4, -0.2) is 60.1 Å². The van der Waals surface area contributed by atoms with Crippen molar-refractivity contribution in [2.24, 2.45) is 0 Å². The van der Waals surface area contributed by atoms with Crippen LogP contribution >= 0.6 is 0 Å². The molecule has 1 saturated heterocycles. The van der Waals surface area contributed by atoms with Gasteiger partial charge in [0.1, 0.15) is 0 Å². The van der Waals surface area contributed by atoms with Gasteiger partial charge in [-0.2, -0.15) is 0 Å². The third-order valence-corrected chi connectivity index (χ3v) is 2.68. The smallest absolute Gasteiger partial charge is 0.304 e. The van der Waals surface area contributed by atoms with Gasteiger partial charge in [0.2, 0.25) is 0 Å². The molecule has 0 unspecified atom stereocenters. The number of hydrogen-bond acceptors (Lipinski definition) is 3. The molecule has 1 heterocycles. The maximum atomic E-state index is 10.4. The lowest BCUT2D eigenvalue weighted by atomic mass is 10.2. The summed E-state index contributed by atoms with van der Waals surface area (Å²) < 4.78 is 0. The molecule has 4 nitrogen and oxygen atoms in total. The zero-order valence-corrected chi connectivity index (χ0v) is 8.98. The minimum atomic E-state index is -0.718. The number of terminal acetylenes is 1. The molecule has 0 bridgehead atoms. The van der Waals surface area contributed by atoms with E-state index in [0.29, 0.717) is 6.54 Å². The van der Waals surface area contributed by atoms with Crippen molar-refractivity contribution in [1.29, 1.82) is 0 Å². The summed E-state index contributed by atoms with van der Waals surface area (Å²) in [6.45, 7) is 5.54. The molecule has 15 heavy (non-hydrogen) atoms. The zero-order valence-electron chi connectivity index (χ0n) is 8.98. The highest BCUT2D eigenvalue weighted by atomic mass is 16.4. The van der Waals surface area contributed by atoms with Crippen LogP contribution in [0.4, 0.5) is 0 Å². The van der Waals surface area contributed by atoms with Gasteiger partial charge < -0.3 is 10.0 Å². The summed E-state index contributed by atoms with van der Waals surface area (Å²) in [6.07, 6.45) is 6.24. The fourth-order valence-electron chi connectivity index (χ4n) is 1.71. The maximum absolute atomic E-state index is 10.4. The molecule has 0 aromatic heterocycles. The molecule has 0 atom stereocenters. The molecule has 84 valence electrons. The monoisotopic (exact) mass is 210 g/mol. The van der Waals surface area contributed by atoms with E-state index in [1.807, 2.05) is 0 Å². The van der Waals surface area contributed by atoms with Gasteiger partial charge in [-0.15, -0.1) is 12.3 Å². The first-order valence-corrected chi connectivity index (χ1v) is 5.32. The van der Waals surface area contributed by atoms with Gasteiger partial charge in [0.15, 0.2) is 0 Å². The van der Waals surface area contributed by atoms with Crippen molar-refractivity contribution in [2.45, 2.75) is 12.8 Å². The number of hydrogen-bond donors (Lipinski definition) is 1. The molecule has 0 spiro atoms. The van der Waals surface area contributed by atoms with Crippen molar-refractivity contribution in [1.82, 2.24) is 9.80 Å². The van der Waals surface area contributed by atoms with Gasteiger partial charge in [-0.25, -0.2) is 0 Å². The van der Waals surface area contributed by atoms with E-state index in [2.05, 4.69) is 15.7 Å². The summed E-state index contributed by atoms with van der Waals surface area (Å²) >= 11 is 0. The summed E-state index contributed by atoms with van der Waals surface area (Å²) in [4.78, 5) is 14.9. The molecule has 1 rings (SSSR count). The summed E-state index contributed by atoms with van der Waals surface area (Å²) in [6, 6.07) is 0. The van der Waals surface area contributed by atoms with Gasteiger partial charge in [0.05, 0.1) is 6.42 Å². The van der Waals surface area contributed by atoms with Crippen molar-refractivity contribution >= 4 is 5.97 Å². The number of rotatable bonds is 5. The number of carboxylic acids is 1. The average molecular weight is 210 g/mol. The number of nitrogens with zero attached hydrogens (tertiary/aromatic N) is 2. The number of piperazine rings is 1. The molecule has 0 aromatic carbocycles. The molecule has 0 aliphatic carbocycles. The summed E-state index contributed by atoms with van der Waals surface area (Å²) in [7, 11) is 0. The summed E-state index contributed by atoms with van der Waals surface area (Å²) in [5, 5.41) is 8.55. The van der Waals surface area contributed by atoms with E-state index in [4.69, 9.17) is 11.5 Å². The molecule has 0 aromatic rings. The minimum absolute atomic E-state index is 0.240. The molecule has 0 amide bonds. The summed E-state index contributed by atoms with van der Waals surface area (Å²) in [5.74, 6) is 1.92. The topological polar surface area (TPSA) is 43.8 Å². The second-order valence-corrected chi connectivity index (χ2v) is 3.78. The molecule has 1 N–H and O–H groups in total. The Morgan fingerprint density at radius 2 is 1.73 bits per heavy atom. The lowest BCUT2D eigenvalue weighted by Crippen LogP contribution is -2.46. The first kappa shape index (κ1) is 12.0. The highest BCUT2D eigenvalue weighted by molar-refractivity contribution is 5.66. The predicted octanol–water partition coefficient (Wildman–Crippen LogP) is 0.102. The van der Waals surface area contributed by atoms with Crippen LogP contribution in [0, 0.1) is 12.3 Å². The molecule has 1 aliphatic rings. The minimum Gasteiger partial charge on any atom is -0.481 e. The fraction of sp³-hybridized carbons (Fsp3) is 0.727. The number of carboxylic acid groups (broad SMARTS) is 1. The van der Waals surface area contributed by atoms with Crippen LogP contribution in [0.15, 0.2) is 0 Å². The Morgan fingerprint density at radius 3 is 2.20 bits per heavy atom. The molecule has 0 saturated carbocycles. The van der Waals surface area contributed by atoms with E-state index >= 15 is 0 Å². The van der Waals surface area contributed by atoms with Crippen LogP contribution in [0.5, 0.6) is 0 Å². The van der Waals surface area contributed by atoms with Crippen molar-refractivity contribution in [2.75, 3.05) is 39.3 Å². The van der Waals surface area contributed by atoms with Crippen LogP contribution in [0.25, 0.3) is 0 Å². The van der Waals surface area contributed by atoms with E-state index < -0.39 is 5.97 Å². The lowest BCUT2D eigenvalue weighted by Gasteiger charge is -2.34. The van der Waals surface area contributed by atoms with E-state index in [0.717, 1.165) is 39.1 Å². The Morgan fingerprint density at radius 1 is 1.20 bits per heavy atom. The first-order chi connectivity index (χ1) is 7.22. The van der Waals surface area contributed by atoms with Gasteiger partial charge in [-0.1, -0.05) is 0 Å². The number of carbonyl (C=O) groups is 1.